The van der Waals surface area contributed by atoms with Crippen LogP contribution in [0, 0.1) is 5.92 Å². The van der Waals surface area contributed by atoms with E-state index in [2.05, 4.69) is 41.5 Å². The van der Waals surface area contributed by atoms with Gasteiger partial charge in [0.2, 0.25) is 0 Å². The summed E-state index contributed by atoms with van der Waals surface area (Å²) >= 11 is 1.67. The first-order chi connectivity index (χ1) is 13.8. The van der Waals surface area contributed by atoms with Crippen molar-refractivity contribution in [3.05, 3.63) is 65.2 Å². The molecule has 2 aromatic rings. The Morgan fingerprint density at radius 3 is 2.29 bits per heavy atom. The van der Waals surface area contributed by atoms with Crippen molar-refractivity contribution in [2.24, 2.45) is 5.92 Å². The molecule has 0 radical (unpaired) electrons. The number of rotatable bonds is 6. The number of benzene rings is 2. The van der Waals surface area contributed by atoms with Crippen LogP contribution in [-0.2, 0) is 12.8 Å². The summed E-state index contributed by atoms with van der Waals surface area (Å²) in [6.07, 6.45) is 12.0. The molecule has 1 saturated carbocycles. The number of nitrogens with zero attached hydrogens (tertiary/aromatic N) is 1. The molecule has 0 bridgehead atoms. The second-order valence-electron chi connectivity index (χ2n) is 8.32. The van der Waals surface area contributed by atoms with Gasteiger partial charge in [-0.3, -0.25) is 4.79 Å². The van der Waals surface area contributed by atoms with Gasteiger partial charge in [-0.15, -0.1) is 11.8 Å². The third kappa shape index (κ3) is 4.30. The zero-order valence-corrected chi connectivity index (χ0v) is 17.7. The van der Waals surface area contributed by atoms with E-state index >= 15 is 0 Å². The number of carbonyl (C=O) groups excluding carboxylic acids is 1. The largest absolute Gasteiger partial charge is 0.335 e. The van der Waals surface area contributed by atoms with E-state index in [1.54, 1.807) is 11.8 Å². The van der Waals surface area contributed by atoms with Gasteiger partial charge in [-0.25, -0.2) is 0 Å². The molecule has 0 spiro atoms. The fraction of sp³-hybridized carbons (Fsp3) is 0.480. The van der Waals surface area contributed by atoms with Crippen molar-refractivity contribution >= 4 is 17.7 Å². The van der Waals surface area contributed by atoms with Crippen LogP contribution in [0.15, 0.2) is 53.4 Å². The predicted octanol–water partition coefficient (Wildman–Crippen LogP) is 5.99. The molecule has 0 atom stereocenters. The highest BCUT2D eigenvalue weighted by Gasteiger charge is 2.31. The second-order valence-corrected chi connectivity index (χ2v) is 9.17. The smallest absolute Gasteiger partial charge is 0.255 e. The number of amides is 1. The van der Waals surface area contributed by atoms with Gasteiger partial charge in [-0.05, 0) is 54.7 Å². The van der Waals surface area contributed by atoms with E-state index < -0.39 is 0 Å². The average Bonchev–Trinajstić information content (AvgIpc) is 3.18. The predicted molar refractivity (Wildman–Crippen MR) is 118 cm³/mol. The van der Waals surface area contributed by atoms with E-state index in [0.29, 0.717) is 6.04 Å². The molecule has 1 fully saturated rings. The number of hydrogen-bond donors (Lipinski definition) is 0. The monoisotopic (exact) mass is 393 g/mol. The minimum absolute atomic E-state index is 0.221. The van der Waals surface area contributed by atoms with Gasteiger partial charge >= 0.3 is 0 Å². The van der Waals surface area contributed by atoms with Gasteiger partial charge in [-0.1, -0.05) is 68.5 Å². The Balaban J connectivity index is 1.55. The Morgan fingerprint density at radius 1 is 0.964 bits per heavy atom. The molecule has 1 amide bonds. The van der Waals surface area contributed by atoms with Crippen LogP contribution in [0.2, 0.25) is 0 Å². The van der Waals surface area contributed by atoms with Gasteiger partial charge < -0.3 is 4.90 Å². The molecule has 2 aliphatic carbocycles. The quantitative estimate of drug-likeness (QED) is 0.562. The fourth-order valence-corrected chi connectivity index (χ4v) is 5.57. The van der Waals surface area contributed by atoms with Crippen molar-refractivity contribution in [3.8, 4) is 0 Å². The Morgan fingerprint density at radius 2 is 1.61 bits per heavy atom. The van der Waals surface area contributed by atoms with Crippen LogP contribution < -0.4 is 0 Å². The summed E-state index contributed by atoms with van der Waals surface area (Å²) in [5.41, 5.74) is 3.71. The van der Waals surface area contributed by atoms with Crippen LogP contribution in [0.4, 0.5) is 0 Å². The van der Waals surface area contributed by atoms with Crippen LogP contribution in [0.25, 0.3) is 0 Å². The maximum atomic E-state index is 13.6. The van der Waals surface area contributed by atoms with E-state index in [1.807, 2.05) is 18.2 Å². The van der Waals surface area contributed by atoms with Crippen molar-refractivity contribution in [2.45, 2.75) is 62.3 Å². The molecular formula is C25H31NOS. The maximum absolute atomic E-state index is 13.6. The van der Waals surface area contributed by atoms with Gasteiger partial charge in [0.1, 0.15) is 0 Å². The van der Waals surface area contributed by atoms with Crippen molar-refractivity contribution in [2.75, 3.05) is 12.8 Å². The molecule has 0 N–H and O–H groups in total. The first-order valence-electron chi connectivity index (χ1n) is 10.8. The van der Waals surface area contributed by atoms with Crippen LogP contribution >= 0.6 is 11.8 Å². The Labute approximate surface area is 173 Å². The van der Waals surface area contributed by atoms with E-state index in [4.69, 9.17) is 0 Å². The lowest BCUT2D eigenvalue weighted by Gasteiger charge is -2.32. The fourth-order valence-electron chi connectivity index (χ4n) is 4.98. The Bertz CT molecular complexity index is 787. The molecule has 0 heterocycles. The number of carbonyl (C=O) groups is 1. The maximum Gasteiger partial charge on any atom is 0.255 e. The van der Waals surface area contributed by atoms with Crippen molar-refractivity contribution in [3.63, 3.8) is 0 Å². The molecule has 2 nitrogen and oxygen atoms in total. The van der Waals surface area contributed by atoms with Crippen molar-refractivity contribution in [1.82, 2.24) is 4.90 Å². The zero-order chi connectivity index (χ0) is 19.3. The lowest BCUT2D eigenvalue weighted by Crippen LogP contribution is -2.42. The number of hydrogen-bond acceptors (Lipinski definition) is 2. The lowest BCUT2D eigenvalue weighted by molar-refractivity contribution is 0.0663. The summed E-state index contributed by atoms with van der Waals surface area (Å²) < 4.78 is 0. The first-order valence-corrected chi connectivity index (χ1v) is 12.0. The van der Waals surface area contributed by atoms with E-state index in [9.17, 15) is 4.79 Å². The molecule has 0 saturated heterocycles. The van der Waals surface area contributed by atoms with Gasteiger partial charge in [0.05, 0.1) is 5.56 Å². The molecule has 4 rings (SSSR count). The third-order valence-corrected chi connectivity index (χ3v) is 7.37. The SMILES string of the molecule is CSc1ccccc1C(=O)N(CCC1CCCCC1)C1Cc2ccccc2C1. The summed E-state index contributed by atoms with van der Waals surface area (Å²) in [5.74, 6) is 1.02. The molecule has 3 heteroatoms. The van der Waals surface area contributed by atoms with E-state index in [1.165, 1.54) is 43.2 Å². The lowest BCUT2D eigenvalue weighted by atomic mass is 9.87. The van der Waals surface area contributed by atoms with Gasteiger partial charge in [-0.2, -0.15) is 0 Å². The van der Waals surface area contributed by atoms with E-state index in [-0.39, 0.29) is 5.91 Å². The zero-order valence-electron chi connectivity index (χ0n) is 16.9. The highest BCUT2D eigenvalue weighted by Crippen LogP contribution is 2.31. The van der Waals surface area contributed by atoms with Crippen LogP contribution in [0.5, 0.6) is 0 Å². The van der Waals surface area contributed by atoms with Crippen molar-refractivity contribution in [1.29, 1.82) is 0 Å². The summed E-state index contributed by atoms with van der Waals surface area (Å²) in [6, 6.07) is 17.1. The van der Waals surface area contributed by atoms with Gasteiger partial charge in [0.15, 0.2) is 0 Å². The summed E-state index contributed by atoms with van der Waals surface area (Å²) in [6.45, 7) is 0.894. The Kier molecular flexibility index (Phi) is 6.41. The molecule has 2 aliphatic rings. The standard InChI is InChI=1S/C25H31NOS/c1-28-24-14-8-7-13-23(24)25(27)26(16-15-19-9-3-2-4-10-19)22-17-20-11-5-6-12-21(20)18-22/h5-8,11-14,19,22H,2-4,9-10,15-18H2,1H3. The minimum Gasteiger partial charge on any atom is -0.335 e. The third-order valence-electron chi connectivity index (χ3n) is 6.57. The van der Waals surface area contributed by atoms with Crippen LogP contribution in [-0.4, -0.2) is 29.6 Å². The molecule has 2 aromatic carbocycles. The second kappa shape index (κ2) is 9.17. The van der Waals surface area contributed by atoms with Gasteiger partial charge in [0, 0.05) is 17.5 Å². The average molecular weight is 394 g/mol. The molecule has 28 heavy (non-hydrogen) atoms. The normalized spacial score (nSPS) is 17.5. The van der Waals surface area contributed by atoms with Crippen LogP contribution in [0.3, 0.4) is 0 Å². The summed E-state index contributed by atoms with van der Waals surface area (Å²) in [5, 5.41) is 0. The summed E-state index contributed by atoms with van der Waals surface area (Å²) in [4.78, 5) is 16.9. The molecule has 0 unspecified atom stereocenters. The highest BCUT2D eigenvalue weighted by molar-refractivity contribution is 7.98. The van der Waals surface area contributed by atoms with Crippen molar-refractivity contribution < 1.29 is 4.79 Å². The Hall–Kier alpha value is -1.74. The van der Waals surface area contributed by atoms with E-state index in [0.717, 1.165) is 42.2 Å². The number of fused-ring (bicyclic) bond motifs is 1. The highest BCUT2D eigenvalue weighted by atomic mass is 32.2. The van der Waals surface area contributed by atoms with Crippen LogP contribution in [0.1, 0.15) is 60.0 Å². The first kappa shape index (κ1) is 19.6. The molecule has 148 valence electrons. The van der Waals surface area contributed by atoms with Gasteiger partial charge in [0.25, 0.3) is 5.91 Å². The topological polar surface area (TPSA) is 20.3 Å². The molecule has 0 aliphatic heterocycles. The molecule has 0 aromatic heterocycles. The summed E-state index contributed by atoms with van der Waals surface area (Å²) in [7, 11) is 0. The number of thioether (sulfide) groups is 1. The minimum atomic E-state index is 0.221. The molecular weight excluding hydrogens is 362 g/mol.